The molecule has 2 heterocycles. The Bertz CT molecular complexity index is 704. The number of hydrogen-bond acceptors (Lipinski definition) is 3. The molecule has 0 bridgehead atoms. The zero-order valence-electron chi connectivity index (χ0n) is 11.3. The molecule has 5 nitrogen and oxygen atoms in total. The first-order chi connectivity index (χ1) is 9.78. The van der Waals surface area contributed by atoms with Crippen LogP contribution in [0.25, 0.3) is 17.1 Å². The molecule has 3 rings (SSSR count). The van der Waals surface area contributed by atoms with Gasteiger partial charge in [-0.15, -0.1) is 12.1 Å². The van der Waals surface area contributed by atoms with E-state index in [1.165, 1.54) is 0 Å². The summed E-state index contributed by atoms with van der Waals surface area (Å²) >= 11 is 0. The monoisotopic (exact) mass is 266 g/mol. The first-order valence-electron chi connectivity index (χ1n) is 6.22. The van der Waals surface area contributed by atoms with Crippen LogP contribution in [0.3, 0.4) is 0 Å². The molecule has 0 fully saturated rings. The van der Waals surface area contributed by atoms with Gasteiger partial charge < -0.3 is 4.74 Å². The Morgan fingerprint density at radius 2 is 1.95 bits per heavy atom. The van der Waals surface area contributed by atoms with Gasteiger partial charge in [0.05, 0.1) is 26.0 Å². The van der Waals surface area contributed by atoms with Gasteiger partial charge in [-0.25, -0.2) is 4.68 Å². The molecule has 0 saturated carbocycles. The fourth-order valence-electron chi connectivity index (χ4n) is 1.96. The van der Waals surface area contributed by atoms with Crippen LogP contribution in [0.2, 0.25) is 0 Å². The molecular formula is C15H14N4O. The second-order valence-electron chi connectivity index (χ2n) is 4.30. The fraction of sp³-hybridized carbons (Fsp3) is 0.133. The predicted molar refractivity (Wildman–Crippen MR) is 73.4 cm³/mol. The van der Waals surface area contributed by atoms with E-state index in [0.29, 0.717) is 0 Å². The molecule has 0 atom stereocenters. The lowest BCUT2D eigenvalue weighted by Crippen LogP contribution is -2.34. The van der Waals surface area contributed by atoms with Crippen molar-refractivity contribution in [1.29, 1.82) is 0 Å². The zero-order chi connectivity index (χ0) is 13.9. The van der Waals surface area contributed by atoms with E-state index in [1.807, 2.05) is 49.5 Å². The van der Waals surface area contributed by atoms with Gasteiger partial charge in [0.1, 0.15) is 5.75 Å². The molecule has 0 amide bonds. The standard InChI is InChI=1S/C15H14N4O/c1-18-14(12-6-8-13(20-2)9-7-12)11-19(17-18)15-5-3-4-10-16-15/h3-10H,1-2H3. The quantitative estimate of drug-likeness (QED) is 0.534. The smallest absolute Gasteiger partial charge is 0.188 e. The molecule has 0 saturated heterocycles. The minimum Gasteiger partial charge on any atom is -0.497 e. The summed E-state index contributed by atoms with van der Waals surface area (Å²) in [6, 6.07) is 13.5. The van der Waals surface area contributed by atoms with E-state index in [-0.39, 0.29) is 0 Å². The van der Waals surface area contributed by atoms with Gasteiger partial charge in [-0.1, -0.05) is 11.6 Å². The number of rotatable bonds is 3. The molecule has 0 radical (unpaired) electrons. The minimum atomic E-state index is 0.739. The van der Waals surface area contributed by atoms with Crippen LogP contribution in [-0.4, -0.2) is 22.0 Å². The third-order valence-electron chi connectivity index (χ3n) is 2.99. The van der Waals surface area contributed by atoms with E-state index in [0.717, 1.165) is 22.8 Å². The summed E-state index contributed by atoms with van der Waals surface area (Å²) < 4.78 is 8.57. The molecule has 1 aromatic carbocycles. The van der Waals surface area contributed by atoms with E-state index in [2.05, 4.69) is 16.4 Å². The highest BCUT2D eigenvalue weighted by atomic mass is 16.5. The van der Waals surface area contributed by atoms with Crippen molar-refractivity contribution in [2.45, 2.75) is 0 Å². The molecular weight excluding hydrogens is 252 g/mol. The van der Waals surface area contributed by atoms with Crippen molar-refractivity contribution in [3.8, 4) is 22.8 Å². The first-order valence-corrected chi connectivity index (χ1v) is 6.22. The molecule has 5 heteroatoms. The van der Waals surface area contributed by atoms with Crippen LogP contribution in [0.5, 0.6) is 5.75 Å². The van der Waals surface area contributed by atoms with Crippen molar-refractivity contribution in [2.75, 3.05) is 7.11 Å². The van der Waals surface area contributed by atoms with Gasteiger partial charge in [0.15, 0.2) is 5.82 Å². The highest BCUT2D eigenvalue weighted by molar-refractivity contribution is 5.58. The summed E-state index contributed by atoms with van der Waals surface area (Å²) in [7, 11) is 3.54. The van der Waals surface area contributed by atoms with Crippen LogP contribution >= 0.6 is 0 Å². The summed E-state index contributed by atoms with van der Waals surface area (Å²) in [5, 5.41) is 4.38. The number of methoxy groups -OCH3 is 1. The van der Waals surface area contributed by atoms with Crippen LogP contribution in [0, 0.1) is 6.20 Å². The number of nitrogens with zero attached hydrogens (tertiary/aromatic N) is 4. The average molecular weight is 266 g/mol. The van der Waals surface area contributed by atoms with Crippen molar-refractivity contribution in [1.82, 2.24) is 14.9 Å². The molecule has 0 unspecified atom stereocenters. The highest BCUT2D eigenvalue weighted by Gasteiger charge is 2.07. The van der Waals surface area contributed by atoms with Gasteiger partial charge in [-0.05, 0) is 24.3 Å². The maximum absolute atomic E-state index is 5.16. The Balaban J connectivity index is 2.00. The number of benzene rings is 1. The zero-order valence-corrected chi connectivity index (χ0v) is 11.3. The van der Waals surface area contributed by atoms with E-state index < -0.39 is 0 Å². The number of hydrogen-bond donors (Lipinski definition) is 0. The van der Waals surface area contributed by atoms with Crippen LogP contribution in [0.1, 0.15) is 0 Å². The van der Waals surface area contributed by atoms with E-state index in [1.54, 1.807) is 22.7 Å². The lowest BCUT2D eigenvalue weighted by molar-refractivity contribution is -0.668. The molecule has 0 N–H and O–H groups in total. The normalized spacial score (nSPS) is 10.5. The van der Waals surface area contributed by atoms with Gasteiger partial charge in [-0.2, -0.15) is 9.67 Å². The van der Waals surface area contributed by atoms with Gasteiger partial charge in [-0.3, -0.25) is 0 Å². The number of aryl methyl sites for hydroxylation is 1. The van der Waals surface area contributed by atoms with Gasteiger partial charge in [0, 0.05) is 11.4 Å². The number of pyridine rings is 1. The predicted octanol–water partition coefficient (Wildman–Crippen LogP) is 1.57. The lowest BCUT2D eigenvalue weighted by atomic mass is 10.1. The van der Waals surface area contributed by atoms with Gasteiger partial charge in [0.25, 0.3) is 0 Å². The second-order valence-corrected chi connectivity index (χ2v) is 4.30. The van der Waals surface area contributed by atoms with Gasteiger partial charge >= 0.3 is 0 Å². The second kappa shape index (κ2) is 5.13. The van der Waals surface area contributed by atoms with E-state index >= 15 is 0 Å². The van der Waals surface area contributed by atoms with Crippen LogP contribution < -0.4 is 9.42 Å². The van der Waals surface area contributed by atoms with E-state index in [9.17, 15) is 0 Å². The van der Waals surface area contributed by atoms with E-state index in [4.69, 9.17) is 4.74 Å². The van der Waals surface area contributed by atoms with Crippen molar-refractivity contribution in [2.24, 2.45) is 7.05 Å². The Morgan fingerprint density at radius 1 is 1.15 bits per heavy atom. The summed E-state index contributed by atoms with van der Waals surface area (Å²) in [5.74, 6) is 1.57. The maximum atomic E-state index is 5.16. The Hall–Kier alpha value is -2.69. The molecule has 20 heavy (non-hydrogen) atoms. The Morgan fingerprint density at radius 3 is 2.60 bits per heavy atom. The van der Waals surface area contributed by atoms with Gasteiger partial charge in [0.2, 0.25) is 0 Å². The lowest BCUT2D eigenvalue weighted by Gasteiger charge is -2.04. The third-order valence-corrected chi connectivity index (χ3v) is 2.99. The number of ether oxygens (including phenoxy) is 1. The minimum absolute atomic E-state index is 0.739. The molecule has 100 valence electrons. The average Bonchev–Trinajstić information content (AvgIpc) is 2.90. The third kappa shape index (κ3) is 2.25. The van der Waals surface area contributed by atoms with Crippen LogP contribution in [0.15, 0.2) is 48.7 Å². The topological polar surface area (TPSA) is 43.8 Å². The Kier molecular flexibility index (Phi) is 3.16. The van der Waals surface area contributed by atoms with Crippen molar-refractivity contribution < 1.29 is 9.42 Å². The molecule has 2 aromatic heterocycles. The molecule has 0 spiro atoms. The molecule has 0 aliphatic carbocycles. The summed E-state index contributed by atoms with van der Waals surface area (Å²) in [4.78, 5) is 4.26. The van der Waals surface area contributed by atoms with Crippen molar-refractivity contribution in [3.63, 3.8) is 0 Å². The maximum Gasteiger partial charge on any atom is 0.188 e. The summed E-state index contributed by atoms with van der Waals surface area (Å²) in [6.07, 6.45) is 4.95. The summed E-state index contributed by atoms with van der Waals surface area (Å²) in [5.41, 5.74) is 1.91. The first kappa shape index (κ1) is 12.3. The highest BCUT2D eigenvalue weighted by Crippen LogP contribution is 2.20. The summed E-state index contributed by atoms with van der Waals surface area (Å²) in [6.45, 7) is 0. The van der Waals surface area contributed by atoms with Crippen molar-refractivity contribution >= 4 is 0 Å². The fourth-order valence-corrected chi connectivity index (χ4v) is 1.96. The molecule has 0 aliphatic rings. The molecule has 3 aromatic rings. The Labute approximate surface area is 117 Å². The molecule has 0 aliphatic heterocycles. The van der Waals surface area contributed by atoms with Crippen molar-refractivity contribution in [3.05, 3.63) is 54.9 Å². The van der Waals surface area contributed by atoms with Crippen LogP contribution in [-0.2, 0) is 7.05 Å². The SMILES string of the molecule is COc1ccc(-c2[c-][n+](-c3ccccn3)nn2C)cc1. The number of aromatic nitrogens is 4. The largest absolute Gasteiger partial charge is 0.497 e. The van der Waals surface area contributed by atoms with Crippen LogP contribution in [0.4, 0.5) is 0 Å².